The van der Waals surface area contributed by atoms with Gasteiger partial charge in [0.1, 0.15) is 5.82 Å². The van der Waals surface area contributed by atoms with Crippen molar-refractivity contribution in [1.82, 2.24) is 19.5 Å². The summed E-state index contributed by atoms with van der Waals surface area (Å²) in [6, 6.07) is 0. The summed E-state index contributed by atoms with van der Waals surface area (Å²) in [6.45, 7) is 0.256. The molecular weight excluding hydrogens is 184 g/mol. The van der Waals surface area contributed by atoms with Crippen molar-refractivity contribution in [1.29, 1.82) is 0 Å². The number of nitrogens with two attached hydrogens (primary N) is 2. The van der Waals surface area contributed by atoms with Gasteiger partial charge in [0.05, 0.1) is 6.54 Å². The number of aromatic amines is 1. The van der Waals surface area contributed by atoms with E-state index in [1.807, 2.05) is 0 Å². The molecular formula is C7H10N6O. The third-order valence-electron chi connectivity index (χ3n) is 2.02. The highest BCUT2D eigenvalue weighted by molar-refractivity contribution is 5.71. The Labute approximate surface area is 78.8 Å². The van der Waals surface area contributed by atoms with E-state index in [0.717, 1.165) is 0 Å². The number of nitrogen functional groups attached to an aromatic ring is 1. The second-order valence-electron chi connectivity index (χ2n) is 2.91. The Morgan fingerprint density at radius 2 is 2.21 bits per heavy atom. The van der Waals surface area contributed by atoms with Crippen LogP contribution in [0.3, 0.4) is 0 Å². The predicted octanol–water partition coefficient (Wildman–Crippen LogP) is -1.30. The zero-order chi connectivity index (χ0) is 10.3. The molecule has 0 amide bonds. The molecule has 14 heavy (non-hydrogen) atoms. The van der Waals surface area contributed by atoms with Gasteiger partial charge in [-0.05, 0) is 0 Å². The number of aryl methyl sites for hydroxylation is 1. The van der Waals surface area contributed by atoms with Crippen LogP contribution in [0.2, 0.25) is 0 Å². The molecule has 2 aromatic rings. The van der Waals surface area contributed by atoms with Crippen LogP contribution in [0.5, 0.6) is 0 Å². The zero-order valence-corrected chi connectivity index (χ0v) is 7.61. The van der Waals surface area contributed by atoms with Crippen molar-refractivity contribution >= 4 is 17.1 Å². The number of aromatic nitrogens is 4. The lowest BCUT2D eigenvalue weighted by Crippen LogP contribution is -2.11. The van der Waals surface area contributed by atoms with Crippen LogP contribution < -0.4 is 17.0 Å². The minimum Gasteiger partial charge on any atom is -0.369 e. The number of fused-ring (bicyclic) bond motifs is 1. The fourth-order valence-electron chi connectivity index (χ4n) is 1.32. The Balaban J connectivity index is 2.92. The molecule has 0 radical (unpaired) electrons. The zero-order valence-electron chi connectivity index (χ0n) is 7.61. The van der Waals surface area contributed by atoms with E-state index in [-0.39, 0.29) is 23.6 Å². The van der Waals surface area contributed by atoms with Gasteiger partial charge in [-0.1, -0.05) is 0 Å². The fraction of sp³-hybridized carbons (Fsp3) is 0.286. The lowest BCUT2D eigenvalue weighted by Gasteiger charge is -1.97. The summed E-state index contributed by atoms with van der Waals surface area (Å²) in [5.74, 6) is 0.678. The summed E-state index contributed by atoms with van der Waals surface area (Å²) in [7, 11) is 1.74. The van der Waals surface area contributed by atoms with Crippen LogP contribution in [-0.4, -0.2) is 19.5 Å². The normalized spacial score (nSPS) is 11.0. The Bertz CT molecular complexity index is 539. The number of rotatable bonds is 1. The summed E-state index contributed by atoms with van der Waals surface area (Å²) in [5.41, 5.74) is 11.2. The van der Waals surface area contributed by atoms with Gasteiger partial charge in [0.2, 0.25) is 5.95 Å². The van der Waals surface area contributed by atoms with Gasteiger partial charge in [-0.2, -0.15) is 4.98 Å². The number of nitrogens with zero attached hydrogens (tertiary/aromatic N) is 3. The molecule has 2 rings (SSSR count). The average molecular weight is 194 g/mol. The van der Waals surface area contributed by atoms with E-state index in [1.165, 1.54) is 0 Å². The van der Waals surface area contributed by atoms with Crippen molar-refractivity contribution in [2.24, 2.45) is 12.8 Å². The van der Waals surface area contributed by atoms with Gasteiger partial charge in [-0.15, -0.1) is 0 Å². The van der Waals surface area contributed by atoms with Crippen LogP contribution in [0.25, 0.3) is 11.2 Å². The van der Waals surface area contributed by atoms with Gasteiger partial charge in [0.25, 0.3) is 5.56 Å². The molecule has 0 aliphatic rings. The first-order valence-electron chi connectivity index (χ1n) is 4.04. The number of hydrogen-bond acceptors (Lipinski definition) is 5. The van der Waals surface area contributed by atoms with Gasteiger partial charge < -0.3 is 16.0 Å². The van der Waals surface area contributed by atoms with E-state index in [0.29, 0.717) is 11.5 Å². The monoisotopic (exact) mass is 194 g/mol. The van der Waals surface area contributed by atoms with Crippen molar-refractivity contribution < 1.29 is 0 Å². The molecule has 0 saturated carbocycles. The minimum absolute atomic E-state index is 0.0778. The van der Waals surface area contributed by atoms with Crippen molar-refractivity contribution in [3.8, 4) is 0 Å². The van der Waals surface area contributed by atoms with Crippen molar-refractivity contribution in [2.75, 3.05) is 5.73 Å². The topological polar surface area (TPSA) is 116 Å². The maximum atomic E-state index is 11.4. The van der Waals surface area contributed by atoms with Crippen LogP contribution in [0.4, 0.5) is 5.95 Å². The number of nitrogens with one attached hydrogen (secondary N) is 1. The van der Waals surface area contributed by atoms with Crippen LogP contribution >= 0.6 is 0 Å². The molecule has 0 unspecified atom stereocenters. The van der Waals surface area contributed by atoms with E-state index in [9.17, 15) is 4.79 Å². The summed E-state index contributed by atoms with van der Waals surface area (Å²) in [4.78, 5) is 21.8. The summed E-state index contributed by atoms with van der Waals surface area (Å²) in [6.07, 6.45) is 0. The summed E-state index contributed by atoms with van der Waals surface area (Å²) < 4.78 is 1.65. The third kappa shape index (κ3) is 1.06. The predicted molar refractivity (Wildman–Crippen MR) is 51.4 cm³/mol. The first-order chi connectivity index (χ1) is 6.63. The highest BCUT2D eigenvalue weighted by atomic mass is 16.1. The lowest BCUT2D eigenvalue weighted by molar-refractivity contribution is 0.806. The minimum atomic E-state index is -0.345. The van der Waals surface area contributed by atoms with Crippen molar-refractivity contribution in [3.05, 3.63) is 16.2 Å². The second-order valence-corrected chi connectivity index (χ2v) is 2.91. The van der Waals surface area contributed by atoms with Gasteiger partial charge >= 0.3 is 0 Å². The molecule has 74 valence electrons. The van der Waals surface area contributed by atoms with Gasteiger partial charge in [0.15, 0.2) is 11.2 Å². The van der Waals surface area contributed by atoms with E-state index in [2.05, 4.69) is 15.0 Å². The second kappa shape index (κ2) is 2.81. The first kappa shape index (κ1) is 8.70. The highest BCUT2D eigenvalue weighted by Gasteiger charge is 2.11. The number of hydrogen-bond donors (Lipinski definition) is 3. The van der Waals surface area contributed by atoms with E-state index < -0.39 is 0 Å². The average Bonchev–Trinajstić information content (AvgIpc) is 2.44. The molecule has 5 N–H and O–H groups in total. The number of imidazole rings is 1. The largest absolute Gasteiger partial charge is 0.369 e. The Morgan fingerprint density at radius 3 is 2.86 bits per heavy atom. The van der Waals surface area contributed by atoms with E-state index >= 15 is 0 Å². The first-order valence-corrected chi connectivity index (χ1v) is 4.04. The summed E-state index contributed by atoms with van der Waals surface area (Å²) in [5, 5.41) is 0. The van der Waals surface area contributed by atoms with Gasteiger partial charge in [0, 0.05) is 7.05 Å². The van der Waals surface area contributed by atoms with Crippen LogP contribution in [0.1, 0.15) is 5.82 Å². The van der Waals surface area contributed by atoms with E-state index in [1.54, 1.807) is 11.6 Å². The standard InChI is InChI=1S/C7H10N6O/c1-13-3(2-8)10-4-5(13)11-7(9)12-6(4)14/h2,8H2,1H3,(H3,9,11,12,14). The Kier molecular flexibility index (Phi) is 1.74. The van der Waals surface area contributed by atoms with Crippen molar-refractivity contribution in [3.63, 3.8) is 0 Å². The molecule has 0 saturated heterocycles. The summed E-state index contributed by atoms with van der Waals surface area (Å²) >= 11 is 0. The molecule has 7 nitrogen and oxygen atoms in total. The molecule has 2 heterocycles. The molecule has 0 aliphatic carbocycles. The van der Waals surface area contributed by atoms with Gasteiger partial charge in [-0.3, -0.25) is 9.78 Å². The SMILES string of the molecule is Cn1c(CN)nc2c(=O)[nH]c(N)nc21. The van der Waals surface area contributed by atoms with Crippen LogP contribution in [0, 0.1) is 0 Å². The number of anilines is 1. The number of H-pyrrole nitrogens is 1. The molecule has 0 fully saturated rings. The highest BCUT2D eigenvalue weighted by Crippen LogP contribution is 2.08. The third-order valence-corrected chi connectivity index (χ3v) is 2.02. The maximum absolute atomic E-state index is 11.4. The molecule has 7 heteroatoms. The van der Waals surface area contributed by atoms with Crippen LogP contribution in [-0.2, 0) is 13.6 Å². The molecule has 0 spiro atoms. The van der Waals surface area contributed by atoms with Gasteiger partial charge in [-0.25, -0.2) is 4.98 Å². The smallest absolute Gasteiger partial charge is 0.280 e. The molecule has 0 aliphatic heterocycles. The molecule has 0 atom stereocenters. The fourth-order valence-corrected chi connectivity index (χ4v) is 1.32. The Hall–Kier alpha value is -1.89. The lowest BCUT2D eigenvalue weighted by atomic mass is 10.5. The van der Waals surface area contributed by atoms with E-state index in [4.69, 9.17) is 11.5 Å². The molecule has 0 aromatic carbocycles. The van der Waals surface area contributed by atoms with Crippen LogP contribution in [0.15, 0.2) is 4.79 Å². The Morgan fingerprint density at radius 1 is 1.50 bits per heavy atom. The molecule has 2 aromatic heterocycles. The molecule has 0 bridgehead atoms. The van der Waals surface area contributed by atoms with Crippen molar-refractivity contribution in [2.45, 2.75) is 6.54 Å². The maximum Gasteiger partial charge on any atom is 0.280 e. The quantitative estimate of drug-likeness (QED) is 0.521.